The highest BCUT2D eigenvalue weighted by Crippen LogP contribution is 2.17. The molecule has 0 aromatic carbocycles. The third-order valence-electron chi connectivity index (χ3n) is 2.59. The van der Waals surface area contributed by atoms with E-state index in [1.807, 2.05) is 6.92 Å². The van der Waals surface area contributed by atoms with Crippen LogP contribution in [0.2, 0.25) is 0 Å². The van der Waals surface area contributed by atoms with Gasteiger partial charge >= 0.3 is 0 Å². The molecule has 1 heterocycles. The Kier molecular flexibility index (Phi) is 4.10. The molecule has 1 fully saturated rings. The second-order valence-electron chi connectivity index (χ2n) is 3.71. The van der Waals surface area contributed by atoms with Crippen LogP contribution in [0.1, 0.15) is 6.92 Å². The fourth-order valence-corrected chi connectivity index (χ4v) is 1.53. The number of nitrogens with one attached hydrogen (secondary N) is 1. The summed E-state index contributed by atoms with van der Waals surface area (Å²) in [6.07, 6.45) is 1.66. The fourth-order valence-electron chi connectivity index (χ4n) is 1.53. The van der Waals surface area contributed by atoms with Gasteiger partial charge in [-0.05, 0) is 6.92 Å². The molecule has 1 aliphatic heterocycles. The molecule has 1 rings (SSSR count). The van der Waals surface area contributed by atoms with Gasteiger partial charge < -0.3 is 10.4 Å². The maximum absolute atomic E-state index is 11.5. The zero-order valence-electron chi connectivity index (χ0n) is 8.57. The number of amides is 1. The first-order valence-electron chi connectivity index (χ1n) is 4.92. The molecule has 0 radical (unpaired) electrons. The van der Waals surface area contributed by atoms with E-state index in [1.54, 1.807) is 6.08 Å². The van der Waals surface area contributed by atoms with E-state index < -0.39 is 0 Å². The number of aliphatic hydroxyl groups excluding tert-OH is 1. The highest BCUT2D eigenvalue weighted by atomic mass is 16.3. The van der Waals surface area contributed by atoms with Crippen molar-refractivity contribution in [2.75, 3.05) is 26.2 Å². The third kappa shape index (κ3) is 2.56. The summed E-state index contributed by atoms with van der Waals surface area (Å²) < 4.78 is 0. The molecule has 1 saturated heterocycles. The third-order valence-corrected chi connectivity index (χ3v) is 2.59. The second kappa shape index (κ2) is 5.12. The lowest BCUT2D eigenvalue weighted by atomic mass is 9.99. The fraction of sp³-hybridized carbons (Fsp3) is 0.700. The highest BCUT2D eigenvalue weighted by Gasteiger charge is 2.32. The zero-order chi connectivity index (χ0) is 10.6. The van der Waals surface area contributed by atoms with Crippen molar-refractivity contribution in [2.24, 2.45) is 5.92 Å². The molecule has 4 nitrogen and oxygen atoms in total. The average molecular weight is 198 g/mol. The van der Waals surface area contributed by atoms with Gasteiger partial charge in [-0.15, -0.1) is 6.58 Å². The molecule has 0 spiro atoms. The molecule has 0 bridgehead atoms. The molecule has 0 saturated carbocycles. The predicted octanol–water partition coefficient (Wildman–Crippen LogP) is -0.399. The van der Waals surface area contributed by atoms with Crippen LogP contribution in [-0.2, 0) is 4.79 Å². The molecular weight excluding hydrogens is 180 g/mol. The summed E-state index contributed by atoms with van der Waals surface area (Å²) in [5.41, 5.74) is 0. The summed E-state index contributed by atoms with van der Waals surface area (Å²) in [6.45, 7) is 7.79. The van der Waals surface area contributed by atoms with Gasteiger partial charge in [0.2, 0.25) is 5.91 Å². The Labute approximate surface area is 84.6 Å². The maximum atomic E-state index is 11.5. The van der Waals surface area contributed by atoms with Crippen LogP contribution in [0.25, 0.3) is 0 Å². The van der Waals surface area contributed by atoms with E-state index in [-0.39, 0.29) is 18.6 Å². The maximum Gasteiger partial charge on any atom is 0.237 e. The Morgan fingerprint density at radius 1 is 1.79 bits per heavy atom. The molecule has 2 N–H and O–H groups in total. The van der Waals surface area contributed by atoms with Crippen molar-refractivity contribution < 1.29 is 9.90 Å². The summed E-state index contributed by atoms with van der Waals surface area (Å²) in [6, 6.07) is -0.0993. The minimum absolute atomic E-state index is 0.0290. The molecule has 4 heteroatoms. The smallest absolute Gasteiger partial charge is 0.237 e. The molecule has 80 valence electrons. The quantitative estimate of drug-likeness (QED) is 0.591. The zero-order valence-corrected chi connectivity index (χ0v) is 8.57. The topological polar surface area (TPSA) is 52.6 Å². The van der Waals surface area contributed by atoms with Crippen LogP contribution in [0, 0.1) is 5.92 Å². The van der Waals surface area contributed by atoms with Crippen molar-refractivity contribution >= 4 is 5.91 Å². The molecule has 14 heavy (non-hydrogen) atoms. The minimum atomic E-state index is -0.0993. The first kappa shape index (κ1) is 11.2. The van der Waals surface area contributed by atoms with E-state index >= 15 is 0 Å². The summed E-state index contributed by atoms with van der Waals surface area (Å²) in [7, 11) is 0. The van der Waals surface area contributed by atoms with E-state index in [1.165, 1.54) is 0 Å². The molecule has 1 atom stereocenters. The summed E-state index contributed by atoms with van der Waals surface area (Å²) in [4.78, 5) is 13.5. The van der Waals surface area contributed by atoms with Gasteiger partial charge in [0, 0.05) is 32.2 Å². The van der Waals surface area contributed by atoms with E-state index in [0.29, 0.717) is 12.5 Å². The molecule has 0 aliphatic carbocycles. The molecule has 0 aromatic rings. The number of hydrogen-bond acceptors (Lipinski definition) is 3. The normalized spacial score (nSPS) is 19.9. The van der Waals surface area contributed by atoms with E-state index in [9.17, 15) is 4.79 Å². The van der Waals surface area contributed by atoms with E-state index in [0.717, 1.165) is 13.1 Å². The van der Waals surface area contributed by atoms with Gasteiger partial charge in [0.15, 0.2) is 0 Å². The van der Waals surface area contributed by atoms with Crippen molar-refractivity contribution in [3.63, 3.8) is 0 Å². The Hall–Kier alpha value is -0.870. The lowest BCUT2D eigenvalue weighted by Gasteiger charge is -2.41. The largest absolute Gasteiger partial charge is 0.396 e. The number of carbonyl (C=O) groups excluding carboxylic acids is 1. The predicted molar refractivity (Wildman–Crippen MR) is 54.8 cm³/mol. The number of hydrogen-bond donors (Lipinski definition) is 2. The molecular formula is C10H18N2O2. The summed E-state index contributed by atoms with van der Waals surface area (Å²) in [5.74, 6) is 0.381. The first-order valence-corrected chi connectivity index (χ1v) is 4.92. The van der Waals surface area contributed by atoms with Gasteiger partial charge in [-0.1, -0.05) is 6.08 Å². The number of carbonyl (C=O) groups is 1. The highest BCUT2D eigenvalue weighted by molar-refractivity contribution is 5.81. The first-order chi connectivity index (χ1) is 6.69. The minimum Gasteiger partial charge on any atom is -0.396 e. The SMILES string of the molecule is C=CCNC(=O)C(C)N1CC(CO)C1. The summed E-state index contributed by atoms with van der Waals surface area (Å²) >= 11 is 0. The standard InChI is InChI=1S/C10H18N2O2/c1-3-4-11-10(14)8(2)12-5-9(6-12)7-13/h3,8-9,13H,1,4-7H2,2H3,(H,11,14). The van der Waals surface area contributed by atoms with Gasteiger partial charge in [0.05, 0.1) is 6.04 Å². The number of nitrogens with zero attached hydrogens (tertiary/aromatic N) is 1. The van der Waals surface area contributed by atoms with Crippen molar-refractivity contribution in [3.8, 4) is 0 Å². The van der Waals surface area contributed by atoms with Gasteiger partial charge in [-0.2, -0.15) is 0 Å². The average Bonchev–Trinajstić information content (AvgIpc) is 2.12. The number of rotatable bonds is 5. The lowest BCUT2D eigenvalue weighted by molar-refractivity contribution is -0.128. The van der Waals surface area contributed by atoms with Crippen molar-refractivity contribution in [3.05, 3.63) is 12.7 Å². The van der Waals surface area contributed by atoms with Crippen molar-refractivity contribution in [2.45, 2.75) is 13.0 Å². The van der Waals surface area contributed by atoms with Gasteiger partial charge in [-0.3, -0.25) is 9.69 Å². The molecule has 1 amide bonds. The Morgan fingerprint density at radius 3 is 2.93 bits per heavy atom. The van der Waals surface area contributed by atoms with Crippen LogP contribution in [0.15, 0.2) is 12.7 Å². The van der Waals surface area contributed by atoms with Crippen LogP contribution >= 0.6 is 0 Å². The van der Waals surface area contributed by atoms with Crippen LogP contribution in [0.3, 0.4) is 0 Å². The summed E-state index contributed by atoms with van der Waals surface area (Å²) in [5, 5.41) is 11.6. The molecule has 1 unspecified atom stereocenters. The van der Waals surface area contributed by atoms with Crippen LogP contribution < -0.4 is 5.32 Å². The van der Waals surface area contributed by atoms with Crippen molar-refractivity contribution in [1.82, 2.24) is 10.2 Å². The Bertz CT molecular complexity index is 212. The van der Waals surface area contributed by atoms with Crippen LogP contribution in [-0.4, -0.2) is 48.2 Å². The van der Waals surface area contributed by atoms with Crippen LogP contribution in [0.5, 0.6) is 0 Å². The van der Waals surface area contributed by atoms with Crippen molar-refractivity contribution in [1.29, 1.82) is 0 Å². The Morgan fingerprint density at radius 2 is 2.43 bits per heavy atom. The lowest BCUT2D eigenvalue weighted by Crippen LogP contribution is -2.56. The van der Waals surface area contributed by atoms with Gasteiger partial charge in [0.1, 0.15) is 0 Å². The van der Waals surface area contributed by atoms with Gasteiger partial charge in [-0.25, -0.2) is 0 Å². The molecule has 0 aromatic heterocycles. The van der Waals surface area contributed by atoms with E-state index in [4.69, 9.17) is 5.11 Å². The number of likely N-dealkylation sites (tertiary alicyclic amines) is 1. The number of aliphatic hydroxyl groups is 1. The molecule has 1 aliphatic rings. The second-order valence-corrected chi connectivity index (χ2v) is 3.71. The Balaban J connectivity index is 2.24. The van der Waals surface area contributed by atoms with E-state index in [2.05, 4.69) is 16.8 Å². The van der Waals surface area contributed by atoms with Crippen LogP contribution in [0.4, 0.5) is 0 Å². The monoisotopic (exact) mass is 198 g/mol. The van der Waals surface area contributed by atoms with Gasteiger partial charge in [0.25, 0.3) is 0 Å².